The van der Waals surface area contributed by atoms with E-state index in [1.54, 1.807) is 0 Å². The average Bonchev–Trinajstić information content (AvgIpc) is 3.19. The fourth-order valence-electron chi connectivity index (χ4n) is 3.74. The maximum Gasteiger partial charge on any atom is 0.0835 e. The zero-order valence-corrected chi connectivity index (χ0v) is 17.2. The van der Waals surface area contributed by atoms with Crippen molar-refractivity contribution in [3.05, 3.63) is 83.7 Å². The molecule has 3 aromatic rings. The van der Waals surface area contributed by atoms with Gasteiger partial charge in [0.25, 0.3) is 0 Å². The number of hydrogen-bond acceptors (Lipinski definition) is 2. The molecule has 0 aliphatic heterocycles. The van der Waals surface area contributed by atoms with Crippen LogP contribution in [0.15, 0.2) is 67.0 Å². The lowest BCUT2D eigenvalue weighted by Gasteiger charge is -2.26. The molecule has 0 aliphatic rings. The highest BCUT2D eigenvalue weighted by Gasteiger charge is 2.18. The molecular formula is C24H31N3. The summed E-state index contributed by atoms with van der Waals surface area (Å²) in [4.78, 5) is 4.53. The Morgan fingerprint density at radius 3 is 1.96 bits per heavy atom. The van der Waals surface area contributed by atoms with Crippen LogP contribution in [0.1, 0.15) is 36.6 Å². The van der Waals surface area contributed by atoms with Gasteiger partial charge in [-0.1, -0.05) is 18.2 Å². The Balaban J connectivity index is 2.04. The predicted octanol–water partition coefficient (Wildman–Crippen LogP) is 5.35. The molecule has 27 heavy (non-hydrogen) atoms. The van der Waals surface area contributed by atoms with E-state index in [-0.39, 0.29) is 6.04 Å². The van der Waals surface area contributed by atoms with E-state index < -0.39 is 0 Å². The summed E-state index contributed by atoms with van der Waals surface area (Å²) in [6, 6.07) is 20.2. The van der Waals surface area contributed by atoms with Gasteiger partial charge >= 0.3 is 0 Å². The second kappa shape index (κ2) is 8.34. The highest BCUT2D eigenvalue weighted by Crippen LogP contribution is 2.32. The van der Waals surface area contributed by atoms with Crippen molar-refractivity contribution in [1.29, 1.82) is 0 Å². The Bertz CT molecular complexity index is 844. The lowest BCUT2D eigenvalue weighted by Crippen LogP contribution is -2.22. The standard InChI is InChI=1S/C24H31N3/c1-6-26(7-2)22-14-15-23(19(3)18-22)24(27-16-8-9-17-27)20-10-12-21(13-11-20)25(4)5/h8-18,24H,6-7H2,1-5H3. The van der Waals surface area contributed by atoms with Gasteiger partial charge in [0.05, 0.1) is 6.04 Å². The molecule has 0 saturated heterocycles. The van der Waals surface area contributed by atoms with Gasteiger partial charge in [-0.15, -0.1) is 0 Å². The average molecular weight is 362 g/mol. The maximum absolute atomic E-state index is 2.40. The molecule has 0 fully saturated rings. The molecule has 0 aliphatic carbocycles. The zero-order valence-electron chi connectivity index (χ0n) is 17.2. The van der Waals surface area contributed by atoms with Crippen LogP contribution in [0.5, 0.6) is 0 Å². The molecule has 0 saturated carbocycles. The molecule has 1 aromatic heterocycles. The van der Waals surface area contributed by atoms with Crippen LogP contribution in [-0.2, 0) is 0 Å². The van der Waals surface area contributed by atoms with Crippen molar-refractivity contribution in [3.63, 3.8) is 0 Å². The summed E-state index contributed by atoms with van der Waals surface area (Å²) >= 11 is 0. The summed E-state index contributed by atoms with van der Waals surface area (Å²) < 4.78 is 2.30. The third kappa shape index (κ3) is 4.02. The van der Waals surface area contributed by atoms with Gasteiger partial charge in [-0.25, -0.2) is 0 Å². The number of benzene rings is 2. The van der Waals surface area contributed by atoms with Crippen molar-refractivity contribution < 1.29 is 0 Å². The molecule has 0 N–H and O–H groups in total. The van der Waals surface area contributed by atoms with E-state index in [9.17, 15) is 0 Å². The van der Waals surface area contributed by atoms with Crippen molar-refractivity contribution in [1.82, 2.24) is 4.57 Å². The van der Waals surface area contributed by atoms with Crippen LogP contribution < -0.4 is 9.80 Å². The second-order valence-corrected chi connectivity index (χ2v) is 7.23. The van der Waals surface area contributed by atoms with Crippen LogP contribution in [-0.4, -0.2) is 31.8 Å². The van der Waals surface area contributed by atoms with E-state index in [1.807, 2.05) is 0 Å². The number of hydrogen-bond donors (Lipinski definition) is 0. The van der Waals surface area contributed by atoms with Crippen molar-refractivity contribution >= 4 is 11.4 Å². The van der Waals surface area contributed by atoms with Crippen LogP contribution in [0.3, 0.4) is 0 Å². The molecule has 142 valence electrons. The van der Waals surface area contributed by atoms with Gasteiger partial charge in [-0.3, -0.25) is 0 Å². The second-order valence-electron chi connectivity index (χ2n) is 7.23. The molecule has 1 heterocycles. The first kappa shape index (κ1) is 19.1. The third-order valence-electron chi connectivity index (χ3n) is 5.33. The van der Waals surface area contributed by atoms with Crippen molar-refractivity contribution in [2.24, 2.45) is 0 Å². The largest absolute Gasteiger partial charge is 0.378 e. The van der Waals surface area contributed by atoms with Gasteiger partial charge in [0.15, 0.2) is 0 Å². The molecule has 2 aromatic carbocycles. The lowest BCUT2D eigenvalue weighted by atomic mass is 9.94. The topological polar surface area (TPSA) is 11.4 Å². The van der Waals surface area contributed by atoms with Gasteiger partial charge in [0, 0.05) is 51.0 Å². The van der Waals surface area contributed by atoms with Gasteiger partial charge < -0.3 is 14.4 Å². The van der Waals surface area contributed by atoms with Crippen LogP contribution >= 0.6 is 0 Å². The predicted molar refractivity (Wildman–Crippen MR) is 117 cm³/mol. The molecule has 0 amide bonds. The summed E-state index contributed by atoms with van der Waals surface area (Å²) in [7, 11) is 4.16. The first-order chi connectivity index (χ1) is 13.0. The van der Waals surface area contributed by atoms with Crippen LogP contribution in [0.25, 0.3) is 0 Å². The van der Waals surface area contributed by atoms with Crippen LogP contribution in [0.2, 0.25) is 0 Å². The van der Waals surface area contributed by atoms with E-state index in [0.717, 1.165) is 13.1 Å². The van der Waals surface area contributed by atoms with E-state index in [4.69, 9.17) is 0 Å². The number of aromatic nitrogens is 1. The number of rotatable bonds is 7. The molecule has 3 rings (SSSR count). The Labute approximate surface area is 163 Å². The van der Waals surface area contributed by atoms with Crippen LogP contribution in [0.4, 0.5) is 11.4 Å². The monoisotopic (exact) mass is 361 g/mol. The highest BCUT2D eigenvalue weighted by molar-refractivity contribution is 5.54. The Hall–Kier alpha value is -2.68. The Kier molecular flexibility index (Phi) is 5.90. The van der Waals surface area contributed by atoms with Crippen molar-refractivity contribution in [2.45, 2.75) is 26.8 Å². The van der Waals surface area contributed by atoms with Crippen LogP contribution in [0, 0.1) is 6.92 Å². The van der Waals surface area contributed by atoms with Crippen molar-refractivity contribution in [3.8, 4) is 0 Å². The van der Waals surface area contributed by atoms with Gasteiger partial charge in [-0.05, 0) is 73.9 Å². The molecular weight excluding hydrogens is 330 g/mol. The van der Waals surface area contributed by atoms with E-state index in [0.29, 0.717) is 0 Å². The minimum absolute atomic E-state index is 0.182. The first-order valence-corrected chi connectivity index (χ1v) is 9.80. The van der Waals surface area contributed by atoms with E-state index in [1.165, 1.54) is 28.1 Å². The molecule has 3 nitrogen and oxygen atoms in total. The third-order valence-corrected chi connectivity index (χ3v) is 5.33. The normalized spacial score (nSPS) is 12.0. The zero-order chi connectivity index (χ0) is 19.4. The molecule has 3 heteroatoms. The highest BCUT2D eigenvalue weighted by atomic mass is 15.1. The smallest absolute Gasteiger partial charge is 0.0835 e. The van der Waals surface area contributed by atoms with E-state index >= 15 is 0 Å². The minimum atomic E-state index is 0.182. The minimum Gasteiger partial charge on any atom is -0.378 e. The van der Waals surface area contributed by atoms with Crippen molar-refractivity contribution in [2.75, 3.05) is 37.0 Å². The fourth-order valence-corrected chi connectivity index (χ4v) is 3.74. The summed E-state index contributed by atoms with van der Waals surface area (Å²) in [6.07, 6.45) is 4.31. The molecule has 0 bridgehead atoms. The molecule has 0 spiro atoms. The Morgan fingerprint density at radius 1 is 0.852 bits per heavy atom. The van der Waals surface area contributed by atoms with Gasteiger partial charge in [-0.2, -0.15) is 0 Å². The summed E-state index contributed by atoms with van der Waals surface area (Å²) in [6.45, 7) is 8.71. The number of aryl methyl sites for hydroxylation is 1. The quantitative estimate of drug-likeness (QED) is 0.562. The SMILES string of the molecule is CCN(CC)c1ccc(C(c2ccc(N(C)C)cc2)n2cccc2)c(C)c1. The number of anilines is 2. The Morgan fingerprint density at radius 2 is 1.44 bits per heavy atom. The lowest BCUT2D eigenvalue weighted by molar-refractivity contribution is 0.678. The number of nitrogens with zero attached hydrogens (tertiary/aromatic N) is 3. The molecule has 0 radical (unpaired) electrons. The maximum atomic E-state index is 2.40. The summed E-state index contributed by atoms with van der Waals surface area (Å²) in [5.74, 6) is 0. The fraction of sp³-hybridized carbons (Fsp3) is 0.333. The summed E-state index contributed by atoms with van der Waals surface area (Å²) in [5.41, 5.74) is 6.50. The molecule has 1 unspecified atom stereocenters. The van der Waals surface area contributed by atoms with Gasteiger partial charge in [0.1, 0.15) is 0 Å². The first-order valence-electron chi connectivity index (χ1n) is 9.80. The van der Waals surface area contributed by atoms with Gasteiger partial charge in [0.2, 0.25) is 0 Å². The summed E-state index contributed by atoms with van der Waals surface area (Å²) in [5, 5.41) is 0. The van der Waals surface area contributed by atoms with E-state index in [2.05, 4.69) is 116 Å². The molecule has 1 atom stereocenters.